The van der Waals surface area contributed by atoms with E-state index in [0.29, 0.717) is 13.0 Å². The highest BCUT2D eigenvalue weighted by Crippen LogP contribution is 2.22. The average Bonchev–Trinajstić information content (AvgIpc) is 2.77. The van der Waals surface area contributed by atoms with Crippen LogP contribution >= 0.6 is 0 Å². The fraction of sp³-hybridized carbons (Fsp3) is 0.412. The van der Waals surface area contributed by atoms with E-state index in [2.05, 4.69) is 15.7 Å². The van der Waals surface area contributed by atoms with Gasteiger partial charge in [-0.25, -0.2) is 0 Å². The number of rotatable bonds is 3. The lowest BCUT2D eigenvalue weighted by molar-refractivity contribution is 0.0982. The van der Waals surface area contributed by atoms with Gasteiger partial charge in [-0.1, -0.05) is 0 Å². The summed E-state index contributed by atoms with van der Waals surface area (Å²) >= 11 is 0. The lowest BCUT2D eigenvalue weighted by atomic mass is 10.1. The van der Waals surface area contributed by atoms with E-state index in [-0.39, 0.29) is 5.78 Å². The molecule has 4 nitrogen and oxygen atoms in total. The van der Waals surface area contributed by atoms with Crippen molar-refractivity contribution in [1.82, 2.24) is 9.55 Å². The predicted octanol–water partition coefficient (Wildman–Crippen LogP) is 3.16. The van der Waals surface area contributed by atoms with Crippen molar-refractivity contribution in [3.8, 4) is 5.75 Å². The monoisotopic (exact) mass is 284 g/mol. The number of ketones is 1. The van der Waals surface area contributed by atoms with Crippen molar-refractivity contribution in [2.24, 2.45) is 0 Å². The van der Waals surface area contributed by atoms with Gasteiger partial charge in [0.1, 0.15) is 5.75 Å². The lowest BCUT2D eigenvalue weighted by Gasteiger charge is -2.07. The first-order valence-electron chi connectivity index (χ1n) is 7.39. The first-order valence-corrected chi connectivity index (χ1v) is 7.39. The van der Waals surface area contributed by atoms with Crippen LogP contribution < -0.4 is 4.74 Å². The number of nitrogens with zero attached hydrogens (tertiary/aromatic N) is 2. The molecule has 21 heavy (non-hydrogen) atoms. The molecule has 0 saturated carbocycles. The van der Waals surface area contributed by atoms with Crippen LogP contribution in [0.25, 0.3) is 0 Å². The van der Waals surface area contributed by atoms with Crippen LogP contribution in [0.15, 0.2) is 24.5 Å². The highest BCUT2D eigenvalue weighted by Gasteiger charge is 2.17. The van der Waals surface area contributed by atoms with Crippen LogP contribution in [0.1, 0.15) is 46.6 Å². The maximum absolute atomic E-state index is 12.1. The highest BCUT2D eigenvalue weighted by atomic mass is 16.5. The molecule has 0 unspecified atom stereocenters. The van der Waals surface area contributed by atoms with Gasteiger partial charge in [0.2, 0.25) is 0 Å². The summed E-state index contributed by atoms with van der Waals surface area (Å²) in [5, 5.41) is 0. The molecule has 4 heteroatoms. The van der Waals surface area contributed by atoms with E-state index in [9.17, 15) is 4.79 Å². The minimum absolute atomic E-state index is 0.274. The van der Waals surface area contributed by atoms with E-state index in [1.807, 2.05) is 25.3 Å². The summed E-state index contributed by atoms with van der Waals surface area (Å²) in [5.41, 5.74) is 3.96. The van der Waals surface area contributed by atoms with Crippen molar-refractivity contribution >= 4 is 5.78 Å². The zero-order valence-corrected chi connectivity index (χ0v) is 12.6. The number of ether oxygens (including phenoxy) is 1. The number of Topliss-reactive ketones (excluding diaryl/α,β-unsaturated/α-hetero) is 1. The van der Waals surface area contributed by atoms with Crippen LogP contribution in [0, 0.1) is 6.92 Å². The van der Waals surface area contributed by atoms with E-state index in [0.717, 1.165) is 42.0 Å². The largest absolute Gasteiger partial charge is 0.497 e. The van der Waals surface area contributed by atoms with Gasteiger partial charge in [-0.05, 0) is 31.7 Å². The second kappa shape index (κ2) is 5.72. The van der Waals surface area contributed by atoms with E-state index in [4.69, 9.17) is 4.74 Å². The molecular formula is C17H20N2O2. The van der Waals surface area contributed by atoms with Crippen LogP contribution in [0.2, 0.25) is 0 Å². The molecule has 0 saturated heterocycles. The van der Waals surface area contributed by atoms with E-state index in [1.165, 1.54) is 5.56 Å². The summed E-state index contributed by atoms with van der Waals surface area (Å²) in [6.07, 6.45) is 7.84. The van der Waals surface area contributed by atoms with E-state index >= 15 is 0 Å². The molecule has 0 aromatic carbocycles. The molecule has 1 aliphatic rings. The smallest absolute Gasteiger partial charge is 0.164 e. The summed E-state index contributed by atoms with van der Waals surface area (Å²) in [4.78, 5) is 16.6. The molecule has 0 fully saturated rings. The fourth-order valence-electron chi connectivity index (χ4n) is 2.92. The molecule has 0 bridgehead atoms. The second-order valence-electron chi connectivity index (χ2n) is 5.64. The van der Waals surface area contributed by atoms with Crippen LogP contribution in [-0.4, -0.2) is 22.4 Å². The third kappa shape index (κ3) is 2.99. The summed E-state index contributed by atoms with van der Waals surface area (Å²) < 4.78 is 7.35. The zero-order valence-electron chi connectivity index (χ0n) is 12.6. The second-order valence-corrected chi connectivity index (χ2v) is 5.64. The fourth-order valence-corrected chi connectivity index (χ4v) is 2.92. The van der Waals surface area contributed by atoms with Gasteiger partial charge in [0, 0.05) is 42.2 Å². The third-order valence-corrected chi connectivity index (χ3v) is 3.92. The SMILES string of the molecule is COc1cc(C)nc(Cn2cc3c(c2)C(=O)CCCC3)c1. The van der Waals surface area contributed by atoms with Crippen molar-refractivity contribution in [2.45, 2.75) is 39.2 Å². The van der Waals surface area contributed by atoms with Gasteiger partial charge >= 0.3 is 0 Å². The number of hydrogen-bond acceptors (Lipinski definition) is 3. The Kier molecular flexibility index (Phi) is 3.78. The minimum Gasteiger partial charge on any atom is -0.497 e. The molecule has 0 amide bonds. The van der Waals surface area contributed by atoms with Gasteiger partial charge in [0.05, 0.1) is 19.3 Å². The molecule has 3 rings (SSSR count). The Morgan fingerprint density at radius 3 is 2.86 bits per heavy atom. The molecule has 0 radical (unpaired) electrons. The number of methoxy groups -OCH3 is 1. The molecule has 1 aliphatic carbocycles. The topological polar surface area (TPSA) is 44.1 Å². The molecule has 0 N–H and O–H groups in total. The molecule has 2 heterocycles. The van der Waals surface area contributed by atoms with Crippen molar-refractivity contribution in [2.75, 3.05) is 7.11 Å². The van der Waals surface area contributed by atoms with Gasteiger partial charge < -0.3 is 9.30 Å². The molecule has 2 aromatic heterocycles. The number of carbonyl (C=O) groups excluding carboxylic acids is 1. The zero-order chi connectivity index (χ0) is 14.8. The Hall–Kier alpha value is -2.10. The third-order valence-electron chi connectivity index (χ3n) is 3.92. The Balaban J connectivity index is 1.87. The number of fused-ring (bicyclic) bond motifs is 1. The van der Waals surface area contributed by atoms with Crippen LogP contribution in [0.3, 0.4) is 0 Å². The Bertz CT molecular complexity index is 673. The molecule has 2 aromatic rings. The number of carbonyl (C=O) groups is 1. The van der Waals surface area contributed by atoms with Gasteiger partial charge in [-0.15, -0.1) is 0 Å². The molecular weight excluding hydrogens is 264 g/mol. The Morgan fingerprint density at radius 1 is 1.24 bits per heavy atom. The Labute approximate surface area is 124 Å². The van der Waals surface area contributed by atoms with Crippen molar-refractivity contribution < 1.29 is 9.53 Å². The summed E-state index contributed by atoms with van der Waals surface area (Å²) in [7, 11) is 1.66. The Morgan fingerprint density at radius 2 is 2.05 bits per heavy atom. The first-order chi connectivity index (χ1) is 10.2. The first kappa shape index (κ1) is 13.9. The van der Waals surface area contributed by atoms with Gasteiger partial charge in [0.15, 0.2) is 5.78 Å². The molecule has 110 valence electrons. The van der Waals surface area contributed by atoms with Gasteiger partial charge in [0.25, 0.3) is 0 Å². The highest BCUT2D eigenvalue weighted by molar-refractivity contribution is 5.97. The summed E-state index contributed by atoms with van der Waals surface area (Å²) in [5.74, 6) is 1.10. The number of aromatic nitrogens is 2. The maximum Gasteiger partial charge on any atom is 0.164 e. The predicted molar refractivity (Wildman–Crippen MR) is 80.9 cm³/mol. The summed E-state index contributed by atoms with van der Waals surface area (Å²) in [6, 6.07) is 3.86. The van der Waals surface area contributed by atoms with E-state index in [1.54, 1.807) is 7.11 Å². The molecule has 0 spiro atoms. The lowest BCUT2D eigenvalue weighted by Crippen LogP contribution is -2.02. The van der Waals surface area contributed by atoms with Gasteiger partial charge in [-0.3, -0.25) is 9.78 Å². The molecule has 0 aliphatic heterocycles. The van der Waals surface area contributed by atoms with E-state index < -0.39 is 0 Å². The number of aryl methyl sites for hydroxylation is 2. The van der Waals surface area contributed by atoms with Crippen molar-refractivity contribution in [3.05, 3.63) is 47.0 Å². The number of hydrogen-bond donors (Lipinski definition) is 0. The minimum atomic E-state index is 0.274. The number of pyridine rings is 1. The maximum atomic E-state index is 12.1. The molecule has 0 atom stereocenters. The van der Waals surface area contributed by atoms with Crippen LogP contribution in [-0.2, 0) is 13.0 Å². The van der Waals surface area contributed by atoms with Crippen molar-refractivity contribution in [1.29, 1.82) is 0 Å². The van der Waals surface area contributed by atoms with Crippen molar-refractivity contribution in [3.63, 3.8) is 0 Å². The van der Waals surface area contributed by atoms with Crippen LogP contribution in [0.5, 0.6) is 5.75 Å². The standard InChI is InChI=1S/C17H20N2O2/c1-12-7-15(21-2)8-14(18-12)10-19-9-13-5-3-4-6-17(20)16(13)11-19/h7-9,11H,3-6,10H2,1-2H3. The summed E-state index contributed by atoms with van der Waals surface area (Å²) in [6.45, 7) is 2.62. The van der Waals surface area contributed by atoms with Crippen LogP contribution in [0.4, 0.5) is 0 Å². The normalized spacial score (nSPS) is 14.7. The van der Waals surface area contributed by atoms with Gasteiger partial charge in [-0.2, -0.15) is 0 Å². The average molecular weight is 284 g/mol. The quantitative estimate of drug-likeness (QED) is 0.813.